The van der Waals surface area contributed by atoms with Gasteiger partial charge in [-0.2, -0.15) is 0 Å². The zero-order chi connectivity index (χ0) is 10.0. The van der Waals surface area contributed by atoms with Crippen LogP contribution in [-0.4, -0.2) is 18.5 Å². The van der Waals surface area contributed by atoms with Gasteiger partial charge in [-0.25, -0.2) is 0 Å². The maximum absolute atomic E-state index is 7.30. The first kappa shape index (κ1) is 9.97. The zero-order valence-corrected chi connectivity index (χ0v) is 8.72. The highest BCUT2D eigenvalue weighted by Gasteiger charge is 2.43. The van der Waals surface area contributed by atoms with Crippen LogP contribution in [0.5, 0.6) is 0 Å². The van der Waals surface area contributed by atoms with Crippen molar-refractivity contribution < 1.29 is 4.74 Å². The molecule has 0 aromatic rings. The molecule has 0 saturated heterocycles. The van der Waals surface area contributed by atoms with Crippen molar-refractivity contribution in [3.8, 4) is 0 Å². The van der Waals surface area contributed by atoms with E-state index in [9.17, 15) is 0 Å². The highest BCUT2D eigenvalue weighted by molar-refractivity contribution is 5.78. The Morgan fingerprint density at radius 2 is 2.00 bits per heavy atom. The average Bonchev–Trinajstić information content (AvgIpc) is 2.68. The molecule has 0 unspecified atom stereocenters. The standard InChI is InChI=1S/C11H20N2O/c12-10(13)7-11(5-6-11)8-14-9-3-1-2-4-9/h9H,1-8H2,(H3,12,13). The minimum atomic E-state index is 0.258. The average molecular weight is 196 g/mol. The van der Waals surface area contributed by atoms with Gasteiger partial charge in [0.1, 0.15) is 0 Å². The molecule has 0 amide bonds. The molecule has 0 aliphatic heterocycles. The Morgan fingerprint density at radius 1 is 1.36 bits per heavy atom. The van der Waals surface area contributed by atoms with E-state index in [1.165, 1.54) is 38.5 Å². The van der Waals surface area contributed by atoms with Crippen LogP contribution in [-0.2, 0) is 4.74 Å². The number of amidine groups is 1. The molecule has 0 bridgehead atoms. The van der Waals surface area contributed by atoms with Crippen molar-refractivity contribution in [1.29, 1.82) is 5.41 Å². The first-order valence-electron chi connectivity index (χ1n) is 5.65. The van der Waals surface area contributed by atoms with Crippen molar-refractivity contribution in [2.75, 3.05) is 6.61 Å². The van der Waals surface area contributed by atoms with Gasteiger partial charge in [-0.05, 0) is 25.7 Å². The normalized spacial score (nSPS) is 25.1. The Balaban J connectivity index is 1.71. The van der Waals surface area contributed by atoms with E-state index in [4.69, 9.17) is 15.9 Å². The summed E-state index contributed by atoms with van der Waals surface area (Å²) < 4.78 is 5.88. The van der Waals surface area contributed by atoms with Gasteiger partial charge >= 0.3 is 0 Å². The van der Waals surface area contributed by atoms with Crippen LogP contribution in [0.25, 0.3) is 0 Å². The molecule has 0 atom stereocenters. The molecular weight excluding hydrogens is 176 g/mol. The molecule has 2 aliphatic carbocycles. The van der Waals surface area contributed by atoms with Gasteiger partial charge in [0.2, 0.25) is 0 Å². The van der Waals surface area contributed by atoms with Gasteiger partial charge in [-0.1, -0.05) is 12.8 Å². The lowest BCUT2D eigenvalue weighted by atomic mass is 10.0. The number of ether oxygens (including phenoxy) is 1. The fourth-order valence-electron chi connectivity index (χ4n) is 2.30. The molecule has 3 N–H and O–H groups in total. The Labute approximate surface area is 85.5 Å². The van der Waals surface area contributed by atoms with Crippen LogP contribution in [0.2, 0.25) is 0 Å². The summed E-state index contributed by atoms with van der Waals surface area (Å²) in [5.41, 5.74) is 5.69. The van der Waals surface area contributed by atoms with Crippen molar-refractivity contribution in [3.63, 3.8) is 0 Å². The summed E-state index contributed by atoms with van der Waals surface area (Å²) in [6, 6.07) is 0. The van der Waals surface area contributed by atoms with Crippen LogP contribution in [0.4, 0.5) is 0 Å². The Kier molecular flexibility index (Phi) is 2.77. The van der Waals surface area contributed by atoms with E-state index in [2.05, 4.69) is 0 Å². The first-order valence-corrected chi connectivity index (χ1v) is 5.65. The summed E-state index contributed by atoms with van der Waals surface area (Å²) in [6.45, 7) is 0.831. The van der Waals surface area contributed by atoms with E-state index in [0.29, 0.717) is 11.9 Å². The van der Waals surface area contributed by atoms with Crippen molar-refractivity contribution >= 4 is 5.84 Å². The van der Waals surface area contributed by atoms with E-state index >= 15 is 0 Å². The molecule has 3 nitrogen and oxygen atoms in total. The summed E-state index contributed by atoms with van der Waals surface area (Å²) >= 11 is 0. The maximum Gasteiger partial charge on any atom is 0.0911 e. The molecule has 2 aliphatic rings. The fraction of sp³-hybridized carbons (Fsp3) is 0.909. The molecule has 0 spiro atoms. The second-order valence-corrected chi connectivity index (χ2v) is 4.92. The highest BCUT2D eigenvalue weighted by atomic mass is 16.5. The molecule has 2 rings (SSSR count). The first-order chi connectivity index (χ1) is 6.70. The molecule has 0 radical (unpaired) electrons. The van der Waals surface area contributed by atoms with Gasteiger partial charge in [0.15, 0.2) is 0 Å². The molecule has 0 heterocycles. The lowest BCUT2D eigenvalue weighted by molar-refractivity contribution is 0.0280. The lowest BCUT2D eigenvalue weighted by Gasteiger charge is -2.18. The van der Waals surface area contributed by atoms with Gasteiger partial charge in [0.05, 0.1) is 18.5 Å². The monoisotopic (exact) mass is 196 g/mol. The van der Waals surface area contributed by atoms with Crippen molar-refractivity contribution in [2.24, 2.45) is 11.1 Å². The van der Waals surface area contributed by atoms with Crippen LogP contribution in [0.3, 0.4) is 0 Å². The van der Waals surface area contributed by atoms with E-state index < -0.39 is 0 Å². The summed E-state index contributed by atoms with van der Waals surface area (Å²) in [7, 11) is 0. The van der Waals surface area contributed by atoms with Crippen molar-refractivity contribution in [2.45, 2.75) is 51.0 Å². The van der Waals surface area contributed by atoms with Crippen LogP contribution in [0.15, 0.2) is 0 Å². The summed E-state index contributed by atoms with van der Waals surface area (Å²) in [4.78, 5) is 0. The Bertz CT molecular complexity index is 217. The molecule has 14 heavy (non-hydrogen) atoms. The van der Waals surface area contributed by atoms with E-state index in [0.717, 1.165) is 13.0 Å². The lowest BCUT2D eigenvalue weighted by Crippen LogP contribution is -2.22. The number of hydrogen-bond acceptors (Lipinski definition) is 2. The Morgan fingerprint density at radius 3 is 2.50 bits per heavy atom. The second kappa shape index (κ2) is 3.89. The molecule has 80 valence electrons. The van der Waals surface area contributed by atoms with Gasteiger partial charge < -0.3 is 10.5 Å². The predicted octanol–water partition coefficient (Wildman–Crippen LogP) is 2.05. The second-order valence-electron chi connectivity index (χ2n) is 4.92. The summed E-state index contributed by atoms with van der Waals surface area (Å²) in [5, 5.41) is 7.30. The zero-order valence-electron chi connectivity index (χ0n) is 8.72. The van der Waals surface area contributed by atoms with E-state index in [1.807, 2.05) is 0 Å². The summed E-state index contributed by atoms with van der Waals surface area (Å²) in [5.74, 6) is 0.317. The van der Waals surface area contributed by atoms with E-state index in [1.54, 1.807) is 0 Å². The summed E-state index contributed by atoms with van der Waals surface area (Å²) in [6.07, 6.45) is 8.73. The number of nitrogens with two attached hydrogens (primary N) is 1. The number of hydrogen-bond donors (Lipinski definition) is 2. The predicted molar refractivity (Wildman–Crippen MR) is 56.4 cm³/mol. The van der Waals surface area contributed by atoms with Gasteiger partial charge in [0, 0.05) is 11.8 Å². The molecule has 0 aromatic heterocycles. The number of nitrogens with one attached hydrogen (secondary N) is 1. The SMILES string of the molecule is N=C(N)CC1(COC2CCCC2)CC1. The minimum absolute atomic E-state index is 0.258. The van der Waals surface area contributed by atoms with Gasteiger partial charge in [-0.15, -0.1) is 0 Å². The molecule has 3 heteroatoms. The topological polar surface area (TPSA) is 59.1 Å². The van der Waals surface area contributed by atoms with Crippen LogP contribution >= 0.6 is 0 Å². The third kappa shape index (κ3) is 2.47. The molecular formula is C11H20N2O. The molecule has 0 aromatic carbocycles. The van der Waals surface area contributed by atoms with Crippen LogP contribution < -0.4 is 5.73 Å². The van der Waals surface area contributed by atoms with Gasteiger partial charge in [0.25, 0.3) is 0 Å². The molecule has 2 fully saturated rings. The van der Waals surface area contributed by atoms with Crippen molar-refractivity contribution in [1.82, 2.24) is 0 Å². The quantitative estimate of drug-likeness (QED) is 0.522. The largest absolute Gasteiger partial charge is 0.388 e. The van der Waals surface area contributed by atoms with Gasteiger partial charge in [-0.3, -0.25) is 5.41 Å². The smallest absolute Gasteiger partial charge is 0.0911 e. The fourth-order valence-corrected chi connectivity index (χ4v) is 2.30. The third-order valence-corrected chi connectivity index (χ3v) is 3.45. The maximum atomic E-state index is 7.30. The van der Waals surface area contributed by atoms with E-state index in [-0.39, 0.29) is 5.41 Å². The highest BCUT2D eigenvalue weighted by Crippen LogP contribution is 2.49. The Hall–Kier alpha value is -0.570. The van der Waals surface area contributed by atoms with Crippen LogP contribution in [0.1, 0.15) is 44.9 Å². The minimum Gasteiger partial charge on any atom is -0.388 e. The molecule has 2 saturated carbocycles. The third-order valence-electron chi connectivity index (χ3n) is 3.45. The van der Waals surface area contributed by atoms with Crippen LogP contribution in [0, 0.1) is 10.8 Å². The van der Waals surface area contributed by atoms with Crippen molar-refractivity contribution in [3.05, 3.63) is 0 Å². The number of rotatable bonds is 5.